The maximum atomic E-state index is 8.67. The van der Waals surface area contributed by atoms with E-state index < -0.39 is 0 Å². The van der Waals surface area contributed by atoms with Crippen LogP contribution in [0.1, 0.15) is 19.4 Å². The van der Waals surface area contributed by atoms with E-state index in [1.807, 2.05) is 17.1 Å². The molecule has 3 heteroatoms. The Bertz CT molecular complexity index is 230. The molecule has 68 valence electrons. The quantitative estimate of drug-likeness (QED) is 0.730. The molecule has 0 amide bonds. The highest BCUT2D eigenvalue weighted by Crippen LogP contribution is 2.02. The van der Waals surface area contributed by atoms with E-state index >= 15 is 0 Å². The molecule has 12 heavy (non-hydrogen) atoms. The molecule has 0 fully saturated rings. The van der Waals surface area contributed by atoms with Gasteiger partial charge in [0.05, 0.1) is 6.20 Å². The summed E-state index contributed by atoms with van der Waals surface area (Å²) in [6.07, 6.45) is 4.52. The van der Waals surface area contributed by atoms with Crippen LogP contribution in [0.2, 0.25) is 0 Å². The molecule has 0 aliphatic heterocycles. The lowest BCUT2D eigenvalue weighted by Crippen LogP contribution is -2.04. The Labute approximate surface area is 73.0 Å². The van der Waals surface area contributed by atoms with Gasteiger partial charge in [0, 0.05) is 19.3 Å². The van der Waals surface area contributed by atoms with Gasteiger partial charge in [-0.15, -0.1) is 0 Å². The number of nitrogens with zero attached hydrogens (tertiary/aromatic N) is 2. The minimum Gasteiger partial charge on any atom is -0.396 e. The van der Waals surface area contributed by atoms with Gasteiger partial charge in [0.15, 0.2) is 0 Å². The van der Waals surface area contributed by atoms with E-state index in [2.05, 4.69) is 18.9 Å². The first-order valence-electron chi connectivity index (χ1n) is 4.34. The second-order valence-electron chi connectivity index (χ2n) is 3.44. The normalized spacial score (nSPS) is 11.0. The molecule has 0 bridgehead atoms. The standard InChI is InChI=1S/C9H16N2O/c1-8(2)6-11-7-9(3-4-12)5-10-11/h5,7-8,12H,3-4,6H2,1-2H3. The van der Waals surface area contributed by atoms with Gasteiger partial charge < -0.3 is 5.11 Å². The van der Waals surface area contributed by atoms with Crippen LogP contribution in [0.3, 0.4) is 0 Å². The summed E-state index contributed by atoms with van der Waals surface area (Å²) >= 11 is 0. The molecule has 0 radical (unpaired) electrons. The Morgan fingerprint density at radius 3 is 2.92 bits per heavy atom. The molecule has 0 aliphatic rings. The third-order valence-corrected chi connectivity index (χ3v) is 1.64. The number of hydrogen-bond donors (Lipinski definition) is 1. The van der Waals surface area contributed by atoms with E-state index in [1.54, 1.807) is 0 Å². The van der Waals surface area contributed by atoms with E-state index in [4.69, 9.17) is 5.11 Å². The predicted octanol–water partition coefficient (Wildman–Crippen LogP) is 1.07. The van der Waals surface area contributed by atoms with Crippen LogP contribution >= 0.6 is 0 Å². The highest BCUT2D eigenvalue weighted by molar-refractivity contribution is 5.03. The Morgan fingerprint density at radius 1 is 1.58 bits per heavy atom. The van der Waals surface area contributed by atoms with Crippen molar-refractivity contribution in [3.05, 3.63) is 18.0 Å². The monoisotopic (exact) mass is 168 g/mol. The summed E-state index contributed by atoms with van der Waals surface area (Å²) in [5.41, 5.74) is 1.11. The smallest absolute Gasteiger partial charge is 0.0522 e. The van der Waals surface area contributed by atoms with E-state index in [0.717, 1.165) is 12.1 Å². The maximum absolute atomic E-state index is 8.67. The van der Waals surface area contributed by atoms with Gasteiger partial charge >= 0.3 is 0 Å². The van der Waals surface area contributed by atoms with Crippen molar-refractivity contribution in [3.8, 4) is 0 Å². The van der Waals surface area contributed by atoms with Crippen molar-refractivity contribution in [2.45, 2.75) is 26.8 Å². The van der Waals surface area contributed by atoms with Crippen molar-refractivity contribution in [2.75, 3.05) is 6.61 Å². The van der Waals surface area contributed by atoms with Gasteiger partial charge in [-0.2, -0.15) is 5.10 Å². The van der Waals surface area contributed by atoms with Gasteiger partial charge in [0.2, 0.25) is 0 Å². The van der Waals surface area contributed by atoms with Crippen molar-refractivity contribution in [2.24, 2.45) is 5.92 Å². The fraction of sp³-hybridized carbons (Fsp3) is 0.667. The van der Waals surface area contributed by atoms with Gasteiger partial charge in [-0.1, -0.05) is 13.8 Å². The largest absolute Gasteiger partial charge is 0.396 e. The topological polar surface area (TPSA) is 38.0 Å². The molecule has 0 atom stereocenters. The van der Waals surface area contributed by atoms with Crippen molar-refractivity contribution < 1.29 is 5.11 Å². The minimum absolute atomic E-state index is 0.202. The molecule has 1 aromatic heterocycles. The van der Waals surface area contributed by atoms with Crippen LogP contribution in [-0.4, -0.2) is 21.5 Å². The highest BCUT2D eigenvalue weighted by atomic mass is 16.2. The Balaban J connectivity index is 2.52. The Kier molecular flexibility index (Phi) is 3.29. The molecule has 1 heterocycles. The van der Waals surface area contributed by atoms with E-state index in [-0.39, 0.29) is 6.61 Å². The Morgan fingerprint density at radius 2 is 2.33 bits per heavy atom. The maximum Gasteiger partial charge on any atom is 0.0522 e. The third-order valence-electron chi connectivity index (χ3n) is 1.64. The molecule has 0 aliphatic carbocycles. The van der Waals surface area contributed by atoms with Crippen molar-refractivity contribution >= 4 is 0 Å². The molecule has 0 aromatic carbocycles. The zero-order valence-corrected chi connectivity index (χ0v) is 7.70. The van der Waals surface area contributed by atoms with Gasteiger partial charge in [-0.05, 0) is 17.9 Å². The van der Waals surface area contributed by atoms with Gasteiger partial charge in [0.25, 0.3) is 0 Å². The first-order chi connectivity index (χ1) is 5.72. The fourth-order valence-electron chi connectivity index (χ4n) is 1.14. The second-order valence-corrected chi connectivity index (χ2v) is 3.44. The SMILES string of the molecule is CC(C)Cn1cc(CCO)cn1. The molecule has 1 N–H and O–H groups in total. The molecular formula is C9H16N2O. The minimum atomic E-state index is 0.202. The van der Waals surface area contributed by atoms with E-state index in [0.29, 0.717) is 12.3 Å². The van der Waals surface area contributed by atoms with Gasteiger partial charge in [-0.25, -0.2) is 0 Å². The number of hydrogen-bond acceptors (Lipinski definition) is 2. The van der Waals surface area contributed by atoms with E-state index in [1.165, 1.54) is 0 Å². The molecule has 0 saturated carbocycles. The zero-order valence-electron chi connectivity index (χ0n) is 7.70. The lowest BCUT2D eigenvalue weighted by Gasteiger charge is -2.03. The molecular weight excluding hydrogens is 152 g/mol. The number of aliphatic hydroxyl groups excluding tert-OH is 1. The molecule has 0 saturated heterocycles. The summed E-state index contributed by atoms with van der Waals surface area (Å²) in [4.78, 5) is 0. The molecule has 0 unspecified atom stereocenters. The van der Waals surface area contributed by atoms with Crippen LogP contribution < -0.4 is 0 Å². The van der Waals surface area contributed by atoms with E-state index in [9.17, 15) is 0 Å². The molecule has 1 aromatic rings. The van der Waals surface area contributed by atoms with Crippen LogP contribution in [0, 0.1) is 5.92 Å². The van der Waals surface area contributed by atoms with Crippen LogP contribution in [0.5, 0.6) is 0 Å². The van der Waals surface area contributed by atoms with Crippen LogP contribution in [0.15, 0.2) is 12.4 Å². The zero-order chi connectivity index (χ0) is 8.97. The van der Waals surface area contributed by atoms with Crippen molar-refractivity contribution in [3.63, 3.8) is 0 Å². The summed E-state index contributed by atoms with van der Waals surface area (Å²) in [7, 11) is 0. The second kappa shape index (κ2) is 4.26. The van der Waals surface area contributed by atoms with Crippen LogP contribution in [0.25, 0.3) is 0 Å². The molecule has 1 rings (SSSR count). The lowest BCUT2D eigenvalue weighted by atomic mass is 10.2. The molecule has 3 nitrogen and oxygen atoms in total. The number of aromatic nitrogens is 2. The van der Waals surface area contributed by atoms with Crippen LogP contribution in [0.4, 0.5) is 0 Å². The Hall–Kier alpha value is -0.830. The average molecular weight is 168 g/mol. The summed E-state index contributed by atoms with van der Waals surface area (Å²) in [6, 6.07) is 0. The molecule has 0 spiro atoms. The summed E-state index contributed by atoms with van der Waals surface area (Å²) in [6.45, 7) is 5.47. The first-order valence-corrected chi connectivity index (χ1v) is 4.34. The number of rotatable bonds is 4. The summed E-state index contributed by atoms with van der Waals surface area (Å²) in [5.74, 6) is 0.617. The highest BCUT2D eigenvalue weighted by Gasteiger charge is 1.99. The average Bonchev–Trinajstić information content (AvgIpc) is 2.36. The predicted molar refractivity (Wildman–Crippen MR) is 47.9 cm³/mol. The van der Waals surface area contributed by atoms with Crippen molar-refractivity contribution in [1.29, 1.82) is 0 Å². The van der Waals surface area contributed by atoms with Gasteiger partial charge in [-0.3, -0.25) is 4.68 Å². The number of aliphatic hydroxyl groups is 1. The summed E-state index contributed by atoms with van der Waals surface area (Å²) in [5, 5.41) is 12.9. The fourth-order valence-corrected chi connectivity index (χ4v) is 1.14. The summed E-state index contributed by atoms with van der Waals surface area (Å²) < 4.78 is 1.93. The van der Waals surface area contributed by atoms with Crippen molar-refractivity contribution in [1.82, 2.24) is 9.78 Å². The lowest BCUT2D eigenvalue weighted by molar-refractivity contribution is 0.299. The van der Waals surface area contributed by atoms with Crippen LogP contribution in [-0.2, 0) is 13.0 Å². The third kappa shape index (κ3) is 2.66. The first kappa shape index (κ1) is 9.26. The van der Waals surface area contributed by atoms with Gasteiger partial charge in [0.1, 0.15) is 0 Å².